The molecule has 1 fully saturated rings. The molecule has 116 valence electrons. The van der Waals surface area contributed by atoms with E-state index in [1.165, 1.54) is 0 Å². The molecule has 2 rings (SSSR count). The van der Waals surface area contributed by atoms with E-state index in [0.717, 1.165) is 24.6 Å². The average Bonchev–Trinajstić information content (AvgIpc) is 2.53. The number of sulfone groups is 1. The Balaban J connectivity index is 1.73. The first-order valence-electron chi connectivity index (χ1n) is 6.98. The summed E-state index contributed by atoms with van der Waals surface area (Å²) in [5, 5.41) is 2.79. The number of carbonyl (C=O) groups is 1. The number of nitrogens with zero attached hydrogens (tertiary/aromatic N) is 1. The Kier molecular flexibility index (Phi) is 5.93. The van der Waals surface area contributed by atoms with Gasteiger partial charge in [-0.05, 0) is 18.6 Å². The van der Waals surface area contributed by atoms with Crippen LogP contribution in [0.4, 0.5) is 4.79 Å². The summed E-state index contributed by atoms with van der Waals surface area (Å²) in [6.45, 7) is 1.91. The number of amides is 2. The van der Waals surface area contributed by atoms with Crippen LogP contribution in [0.5, 0.6) is 0 Å². The fourth-order valence-corrected chi connectivity index (χ4v) is 4.32. The summed E-state index contributed by atoms with van der Waals surface area (Å²) in [6.07, 6.45) is 0.422. The Morgan fingerprint density at radius 2 is 1.86 bits per heavy atom. The Morgan fingerprint density at radius 3 is 2.52 bits per heavy atom. The van der Waals surface area contributed by atoms with Crippen molar-refractivity contribution >= 4 is 27.6 Å². The van der Waals surface area contributed by atoms with Gasteiger partial charge in [0, 0.05) is 31.1 Å². The van der Waals surface area contributed by atoms with Crippen molar-refractivity contribution in [3.63, 3.8) is 0 Å². The fourth-order valence-electron chi connectivity index (χ4n) is 2.08. The number of thioether (sulfide) groups is 1. The molecule has 1 aliphatic rings. The first-order valence-corrected chi connectivity index (χ1v) is 9.78. The lowest BCUT2D eigenvalue weighted by atomic mass is 10.4. The summed E-state index contributed by atoms with van der Waals surface area (Å²) >= 11 is 1.84. The number of nitrogens with one attached hydrogen (secondary N) is 1. The van der Waals surface area contributed by atoms with E-state index in [1.54, 1.807) is 35.2 Å². The molecule has 7 heteroatoms. The Morgan fingerprint density at radius 1 is 1.19 bits per heavy atom. The summed E-state index contributed by atoms with van der Waals surface area (Å²) < 4.78 is 24.1. The fraction of sp³-hybridized carbons (Fsp3) is 0.500. The number of rotatable bonds is 5. The standard InChI is InChI=1S/C14H20N2O3S2/c17-14(16-8-10-20-11-9-16)15-7-4-12-21(18,19)13-5-2-1-3-6-13/h1-3,5-6H,4,7-12H2,(H,15,17). The molecule has 1 saturated heterocycles. The van der Waals surface area contributed by atoms with Crippen molar-refractivity contribution < 1.29 is 13.2 Å². The third-order valence-corrected chi connectivity index (χ3v) is 6.03. The SMILES string of the molecule is O=C(NCCCS(=O)(=O)c1ccccc1)N1CCSCC1. The lowest BCUT2D eigenvalue weighted by Gasteiger charge is -2.26. The van der Waals surface area contributed by atoms with Gasteiger partial charge < -0.3 is 10.2 Å². The lowest BCUT2D eigenvalue weighted by molar-refractivity contribution is 0.203. The Labute approximate surface area is 130 Å². The topological polar surface area (TPSA) is 66.5 Å². The second kappa shape index (κ2) is 7.70. The Bertz CT molecular complexity index is 555. The van der Waals surface area contributed by atoms with Gasteiger partial charge in [0.25, 0.3) is 0 Å². The van der Waals surface area contributed by atoms with Gasteiger partial charge in [0.05, 0.1) is 10.6 Å². The highest BCUT2D eigenvalue weighted by atomic mass is 32.2. The molecule has 1 aromatic rings. The van der Waals surface area contributed by atoms with Crippen LogP contribution in [0, 0.1) is 0 Å². The van der Waals surface area contributed by atoms with E-state index < -0.39 is 9.84 Å². The molecule has 0 radical (unpaired) electrons. The number of benzene rings is 1. The minimum Gasteiger partial charge on any atom is -0.338 e. The van der Waals surface area contributed by atoms with Crippen molar-refractivity contribution in [3.05, 3.63) is 30.3 Å². The van der Waals surface area contributed by atoms with Gasteiger partial charge in [0.2, 0.25) is 0 Å². The predicted molar refractivity (Wildman–Crippen MR) is 85.4 cm³/mol. The van der Waals surface area contributed by atoms with Gasteiger partial charge in [-0.1, -0.05) is 18.2 Å². The highest BCUT2D eigenvalue weighted by Crippen LogP contribution is 2.11. The van der Waals surface area contributed by atoms with Crippen LogP contribution in [0.15, 0.2) is 35.2 Å². The highest BCUT2D eigenvalue weighted by molar-refractivity contribution is 7.99. The summed E-state index contributed by atoms with van der Waals surface area (Å²) in [5.74, 6) is 1.98. The maximum Gasteiger partial charge on any atom is 0.317 e. The number of hydrogen-bond acceptors (Lipinski definition) is 4. The largest absolute Gasteiger partial charge is 0.338 e. The van der Waals surface area contributed by atoms with Crippen LogP contribution < -0.4 is 5.32 Å². The van der Waals surface area contributed by atoms with Crippen LogP contribution in [0.3, 0.4) is 0 Å². The monoisotopic (exact) mass is 328 g/mol. The van der Waals surface area contributed by atoms with Gasteiger partial charge in [0.15, 0.2) is 9.84 Å². The van der Waals surface area contributed by atoms with E-state index in [-0.39, 0.29) is 11.8 Å². The lowest BCUT2D eigenvalue weighted by Crippen LogP contribution is -2.44. The maximum absolute atomic E-state index is 12.1. The van der Waals surface area contributed by atoms with Gasteiger partial charge in [-0.25, -0.2) is 13.2 Å². The van der Waals surface area contributed by atoms with E-state index in [4.69, 9.17) is 0 Å². The first kappa shape index (κ1) is 16.2. The normalized spacial score (nSPS) is 15.7. The van der Waals surface area contributed by atoms with Crippen molar-refractivity contribution in [1.29, 1.82) is 0 Å². The molecule has 1 aliphatic heterocycles. The summed E-state index contributed by atoms with van der Waals surface area (Å²) in [6, 6.07) is 8.31. The van der Waals surface area contributed by atoms with Gasteiger partial charge >= 0.3 is 6.03 Å². The molecule has 0 atom stereocenters. The summed E-state index contributed by atoms with van der Waals surface area (Å²) in [4.78, 5) is 14.0. The van der Waals surface area contributed by atoms with Crippen LogP contribution >= 0.6 is 11.8 Å². The number of carbonyl (C=O) groups excluding carboxylic acids is 1. The van der Waals surface area contributed by atoms with Crippen molar-refractivity contribution in [2.24, 2.45) is 0 Å². The van der Waals surface area contributed by atoms with E-state index in [9.17, 15) is 13.2 Å². The zero-order chi connectivity index (χ0) is 15.1. The van der Waals surface area contributed by atoms with Gasteiger partial charge in [-0.3, -0.25) is 0 Å². The van der Waals surface area contributed by atoms with Crippen molar-refractivity contribution in [1.82, 2.24) is 10.2 Å². The third kappa shape index (κ3) is 4.93. The minimum atomic E-state index is -3.25. The molecule has 1 N–H and O–H groups in total. The maximum atomic E-state index is 12.1. The van der Waals surface area contributed by atoms with Gasteiger partial charge in [-0.2, -0.15) is 11.8 Å². The highest BCUT2D eigenvalue weighted by Gasteiger charge is 2.17. The molecule has 1 aromatic carbocycles. The van der Waals surface area contributed by atoms with Gasteiger partial charge in [0.1, 0.15) is 0 Å². The second-order valence-corrected chi connectivity index (χ2v) is 8.15. The van der Waals surface area contributed by atoms with E-state index in [0.29, 0.717) is 17.9 Å². The third-order valence-electron chi connectivity index (χ3n) is 3.27. The summed E-state index contributed by atoms with van der Waals surface area (Å²) in [5.41, 5.74) is 0. The van der Waals surface area contributed by atoms with Crippen LogP contribution in [0.1, 0.15) is 6.42 Å². The zero-order valence-corrected chi connectivity index (χ0v) is 13.5. The predicted octanol–water partition coefficient (Wildman–Crippen LogP) is 1.61. The number of hydrogen-bond donors (Lipinski definition) is 1. The van der Waals surface area contributed by atoms with Crippen LogP contribution in [0.25, 0.3) is 0 Å². The van der Waals surface area contributed by atoms with Crippen molar-refractivity contribution in [3.8, 4) is 0 Å². The molecule has 0 bridgehead atoms. The van der Waals surface area contributed by atoms with Crippen LogP contribution in [-0.4, -0.2) is 56.2 Å². The molecule has 0 spiro atoms. The molecule has 0 aliphatic carbocycles. The molecule has 0 unspecified atom stereocenters. The zero-order valence-electron chi connectivity index (χ0n) is 11.8. The smallest absolute Gasteiger partial charge is 0.317 e. The molecular weight excluding hydrogens is 308 g/mol. The Hall–Kier alpha value is -1.21. The molecule has 5 nitrogen and oxygen atoms in total. The molecule has 0 saturated carbocycles. The van der Waals surface area contributed by atoms with Gasteiger partial charge in [-0.15, -0.1) is 0 Å². The number of urea groups is 1. The molecule has 2 amide bonds. The summed E-state index contributed by atoms with van der Waals surface area (Å²) in [7, 11) is -3.25. The first-order chi connectivity index (χ1) is 10.1. The molecule has 1 heterocycles. The van der Waals surface area contributed by atoms with Crippen LogP contribution in [-0.2, 0) is 9.84 Å². The van der Waals surface area contributed by atoms with E-state index in [2.05, 4.69) is 5.32 Å². The second-order valence-electron chi connectivity index (χ2n) is 4.82. The van der Waals surface area contributed by atoms with E-state index in [1.807, 2.05) is 11.8 Å². The van der Waals surface area contributed by atoms with Crippen molar-refractivity contribution in [2.75, 3.05) is 36.9 Å². The minimum absolute atomic E-state index is 0.0488. The average molecular weight is 328 g/mol. The molecular formula is C14H20N2O3S2. The van der Waals surface area contributed by atoms with E-state index >= 15 is 0 Å². The van der Waals surface area contributed by atoms with Crippen molar-refractivity contribution in [2.45, 2.75) is 11.3 Å². The molecule has 21 heavy (non-hydrogen) atoms. The quantitative estimate of drug-likeness (QED) is 0.834. The van der Waals surface area contributed by atoms with Crippen LogP contribution in [0.2, 0.25) is 0 Å². The molecule has 0 aromatic heterocycles.